The minimum atomic E-state index is -1.56. The number of carbonyl (C=O) groups excluding carboxylic acids is 1. The first-order valence-electron chi connectivity index (χ1n) is 13.6. The number of ketones is 1. The summed E-state index contributed by atoms with van der Waals surface area (Å²) in [5.74, 6) is 3.02. The number of aliphatic hydroxyl groups excluding tert-OH is 1. The van der Waals surface area contributed by atoms with Crippen molar-refractivity contribution in [1.29, 1.82) is 0 Å². The summed E-state index contributed by atoms with van der Waals surface area (Å²) < 4.78 is 14.5. The van der Waals surface area contributed by atoms with Crippen molar-refractivity contribution in [2.75, 3.05) is 23.3 Å². The molecule has 2 fully saturated rings. The predicted octanol–water partition coefficient (Wildman–Crippen LogP) is 7.50. The number of pyridine rings is 2. The molecule has 8 heteroatoms. The Morgan fingerprint density at radius 1 is 1.15 bits per heavy atom. The number of allylic oxidation sites excluding steroid dienone is 4. The Morgan fingerprint density at radius 2 is 1.90 bits per heavy atom. The first-order chi connectivity index (χ1) is 18.7. The molecule has 1 aromatic carbocycles. The van der Waals surface area contributed by atoms with E-state index in [1.165, 1.54) is 19.8 Å². The summed E-state index contributed by atoms with van der Waals surface area (Å²) in [6.45, 7) is 7.87. The summed E-state index contributed by atoms with van der Waals surface area (Å²) in [7, 11) is 0. The van der Waals surface area contributed by atoms with Gasteiger partial charge in [-0.1, -0.05) is 18.5 Å². The van der Waals surface area contributed by atoms with Crippen molar-refractivity contribution in [3.05, 3.63) is 70.2 Å². The number of rotatable bonds is 5. The number of benzene rings is 1. The minimum Gasteiger partial charge on any atom is -0.508 e. The van der Waals surface area contributed by atoms with Crippen LogP contribution in [0.2, 0.25) is 0 Å². The summed E-state index contributed by atoms with van der Waals surface area (Å²) in [5, 5.41) is 14.0. The Balaban J connectivity index is 1.34. The fraction of sp³-hybridized carbons (Fsp3) is 0.387. The zero-order valence-electron chi connectivity index (χ0n) is 22.3. The van der Waals surface area contributed by atoms with Crippen molar-refractivity contribution in [3.63, 3.8) is 0 Å². The molecule has 1 saturated heterocycles. The number of aromatic nitrogens is 2. The lowest BCUT2D eigenvalue weighted by molar-refractivity contribution is 0.101. The van der Waals surface area contributed by atoms with Crippen LogP contribution in [0.3, 0.4) is 0 Å². The smallest absolute Gasteiger partial charge is 0.163 e. The van der Waals surface area contributed by atoms with Crippen molar-refractivity contribution < 1.29 is 14.3 Å². The maximum Gasteiger partial charge on any atom is 0.163 e. The molecule has 3 unspecified atom stereocenters. The molecule has 0 radical (unpaired) electrons. The maximum absolute atomic E-state index is 14.5. The SMILES string of the molecule is CC(=O)c1cnc2cc(C)c(C3=CC(Cl)=C(O)C(F)C3)cc2c1Nc1ccc(N2CCC3C(C)C3CC2)nc1. The van der Waals surface area contributed by atoms with E-state index in [4.69, 9.17) is 16.6 Å². The summed E-state index contributed by atoms with van der Waals surface area (Å²) in [5.41, 5.74) is 4.94. The molecule has 6 rings (SSSR count). The van der Waals surface area contributed by atoms with Crippen LogP contribution in [0.25, 0.3) is 16.5 Å². The second-order valence-corrected chi connectivity index (χ2v) is 11.6. The van der Waals surface area contributed by atoms with E-state index in [9.17, 15) is 14.3 Å². The third-order valence-electron chi connectivity index (χ3n) is 8.75. The van der Waals surface area contributed by atoms with Crippen molar-refractivity contribution in [2.24, 2.45) is 17.8 Å². The van der Waals surface area contributed by atoms with Crippen LogP contribution in [0.1, 0.15) is 54.6 Å². The normalized spacial score (nSPS) is 24.7. The second-order valence-electron chi connectivity index (χ2n) is 11.1. The zero-order chi connectivity index (χ0) is 27.4. The molecule has 202 valence electrons. The Morgan fingerprint density at radius 3 is 2.54 bits per heavy atom. The largest absolute Gasteiger partial charge is 0.508 e. The number of aryl methyl sites for hydroxylation is 1. The molecule has 3 aliphatic rings. The van der Waals surface area contributed by atoms with Crippen LogP contribution in [-0.4, -0.2) is 40.1 Å². The van der Waals surface area contributed by atoms with Gasteiger partial charge in [-0.2, -0.15) is 0 Å². The predicted molar refractivity (Wildman–Crippen MR) is 155 cm³/mol. The lowest BCUT2D eigenvalue weighted by atomic mass is 9.90. The van der Waals surface area contributed by atoms with E-state index >= 15 is 0 Å². The first kappa shape index (κ1) is 25.8. The Kier molecular flexibility index (Phi) is 6.58. The highest BCUT2D eigenvalue weighted by molar-refractivity contribution is 6.32. The molecule has 6 nitrogen and oxygen atoms in total. The van der Waals surface area contributed by atoms with Crippen molar-refractivity contribution >= 4 is 51.1 Å². The van der Waals surface area contributed by atoms with Gasteiger partial charge in [-0.3, -0.25) is 9.78 Å². The molecule has 2 aromatic heterocycles. The van der Waals surface area contributed by atoms with E-state index < -0.39 is 11.9 Å². The first-order valence-corrected chi connectivity index (χ1v) is 13.9. The van der Waals surface area contributed by atoms with Gasteiger partial charge >= 0.3 is 0 Å². The second kappa shape index (κ2) is 9.94. The number of nitrogens with zero attached hydrogens (tertiary/aromatic N) is 3. The fourth-order valence-electron chi connectivity index (χ4n) is 6.34. The van der Waals surface area contributed by atoms with Crippen LogP contribution < -0.4 is 10.2 Å². The molecule has 0 spiro atoms. The van der Waals surface area contributed by atoms with Crippen molar-refractivity contribution in [3.8, 4) is 0 Å². The molecule has 3 heterocycles. The fourth-order valence-corrected chi connectivity index (χ4v) is 6.59. The zero-order valence-corrected chi connectivity index (χ0v) is 23.1. The Bertz CT molecular complexity index is 1520. The number of carbonyl (C=O) groups is 1. The number of alkyl halides is 1. The highest BCUT2D eigenvalue weighted by Crippen LogP contribution is 2.52. The Labute approximate surface area is 232 Å². The summed E-state index contributed by atoms with van der Waals surface area (Å²) in [4.78, 5) is 24.3. The van der Waals surface area contributed by atoms with E-state index in [0.29, 0.717) is 22.3 Å². The molecule has 1 aliphatic heterocycles. The summed E-state index contributed by atoms with van der Waals surface area (Å²) >= 11 is 6.11. The van der Waals surface area contributed by atoms with Crippen LogP contribution in [0, 0.1) is 24.7 Å². The third-order valence-corrected chi connectivity index (χ3v) is 9.05. The van der Waals surface area contributed by atoms with Gasteiger partial charge in [0.15, 0.2) is 12.0 Å². The molecule has 3 aromatic rings. The maximum atomic E-state index is 14.5. The topological polar surface area (TPSA) is 78.3 Å². The molecular formula is C31H32ClFN4O2. The van der Waals surface area contributed by atoms with Crippen LogP contribution in [-0.2, 0) is 0 Å². The van der Waals surface area contributed by atoms with Crippen molar-refractivity contribution in [2.45, 2.75) is 46.2 Å². The standard InChI is InChI=1S/C31H32ClFN4O2/c1-16-10-28-24(13-23(16)19-11-26(32)31(39)27(33)12-19)30(25(15-34-28)18(3)38)36-20-4-5-29(35-14-20)37-8-6-21-17(2)22(21)7-9-37/h4-5,10-11,13-15,17,21-22,27,39H,6-9,12H2,1-3H3,(H,34,36). The average molecular weight is 547 g/mol. The number of nitrogens with one attached hydrogen (secondary N) is 1. The Hall–Kier alpha value is -3.45. The van der Waals surface area contributed by atoms with E-state index in [1.54, 1.807) is 18.5 Å². The lowest BCUT2D eigenvalue weighted by Gasteiger charge is -2.23. The van der Waals surface area contributed by atoms with E-state index in [2.05, 4.69) is 22.1 Å². The molecule has 0 amide bonds. The number of fused-ring (bicyclic) bond motifs is 2. The number of halogens is 2. The number of Topliss-reactive ketones (excluding diaryl/α,β-unsaturated/α-hetero) is 1. The van der Waals surface area contributed by atoms with Crippen LogP contribution in [0.4, 0.5) is 21.6 Å². The molecule has 2 aliphatic carbocycles. The monoisotopic (exact) mass is 546 g/mol. The van der Waals surface area contributed by atoms with E-state index in [1.807, 2.05) is 31.2 Å². The van der Waals surface area contributed by atoms with Gasteiger partial charge in [0.1, 0.15) is 11.6 Å². The van der Waals surface area contributed by atoms with Gasteiger partial charge in [0.25, 0.3) is 0 Å². The molecule has 39 heavy (non-hydrogen) atoms. The lowest BCUT2D eigenvalue weighted by Crippen LogP contribution is -2.26. The number of hydrogen-bond donors (Lipinski definition) is 2. The van der Waals surface area contributed by atoms with Crippen LogP contribution in [0.15, 0.2) is 53.5 Å². The highest BCUT2D eigenvalue weighted by atomic mass is 35.5. The number of hydrogen-bond acceptors (Lipinski definition) is 6. The molecule has 2 N–H and O–H groups in total. The molecule has 0 bridgehead atoms. The minimum absolute atomic E-state index is 0.000629. The van der Waals surface area contributed by atoms with E-state index in [-0.39, 0.29) is 17.2 Å². The van der Waals surface area contributed by atoms with Crippen LogP contribution >= 0.6 is 11.6 Å². The third kappa shape index (κ3) is 4.78. The van der Waals surface area contributed by atoms with Gasteiger partial charge in [0.2, 0.25) is 0 Å². The van der Waals surface area contributed by atoms with Gasteiger partial charge in [-0.25, -0.2) is 9.37 Å². The number of anilines is 3. The quantitative estimate of drug-likeness (QED) is 0.323. The molecule has 3 atom stereocenters. The highest BCUT2D eigenvalue weighted by Gasteiger charge is 2.47. The summed E-state index contributed by atoms with van der Waals surface area (Å²) in [6, 6.07) is 7.87. The van der Waals surface area contributed by atoms with Gasteiger partial charge in [0.05, 0.1) is 33.7 Å². The number of aliphatic hydroxyl groups is 1. The van der Waals surface area contributed by atoms with Crippen molar-refractivity contribution in [1.82, 2.24) is 9.97 Å². The average Bonchev–Trinajstić information content (AvgIpc) is 3.60. The molecule has 1 saturated carbocycles. The summed E-state index contributed by atoms with van der Waals surface area (Å²) in [6.07, 6.45) is 5.90. The molecular weight excluding hydrogens is 515 g/mol. The van der Waals surface area contributed by atoms with Crippen LogP contribution in [0.5, 0.6) is 0 Å². The van der Waals surface area contributed by atoms with Gasteiger partial charge in [-0.05, 0) is 91.5 Å². The van der Waals surface area contributed by atoms with Gasteiger partial charge < -0.3 is 15.3 Å². The van der Waals surface area contributed by atoms with Gasteiger partial charge in [0, 0.05) is 31.1 Å². The van der Waals surface area contributed by atoms with E-state index in [0.717, 1.165) is 58.9 Å². The van der Waals surface area contributed by atoms with Gasteiger partial charge in [-0.15, -0.1) is 0 Å².